The molecule has 2 aromatic carbocycles. The van der Waals surface area contributed by atoms with Crippen molar-refractivity contribution in [3.63, 3.8) is 0 Å². The van der Waals surface area contributed by atoms with Crippen molar-refractivity contribution in [1.82, 2.24) is 0 Å². The second-order valence-electron chi connectivity index (χ2n) is 10.2. The van der Waals surface area contributed by atoms with Gasteiger partial charge in [-0.15, -0.1) is 0 Å². The summed E-state index contributed by atoms with van der Waals surface area (Å²) in [6.45, 7) is 13.1. The van der Waals surface area contributed by atoms with Gasteiger partial charge in [0.15, 0.2) is 5.78 Å². The molecule has 0 bridgehead atoms. The third kappa shape index (κ3) is 2.30. The van der Waals surface area contributed by atoms with Crippen LogP contribution in [0.3, 0.4) is 0 Å². The summed E-state index contributed by atoms with van der Waals surface area (Å²) >= 11 is 0. The van der Waals surface area contributed by atoms with Crippen molar-refractivity contribution in [1.29, 1.82) is 0 Å². The van der Waals surface area contributed by atoms with E-state index >= 15 is 0 Å². The fourth-order valence-corrected chi connectivity index (χ4v) is 4.61. The minimum Gasteiger partial charge on any atom is -0.489 e. The Bertz CT molecular complexity index is 1110. The second-order valence-corrected chi connectivity index (χ2v) is 10.2. The molecule has 28 heavy (non-hydrogen) atoms. The third-order valence-electron chi connectivity index (χ3n) is 6.87. The average Bonchev–Trinajstić information content (AvgIpc) is 3.41. The highest BCUT2D eigenvalue weighted by atomic mass is 16.5. The summed E-state index contributed by atoms with van der Waals surface area (Å²) in [5, 5.41) is 2.37. The predicted molar refractivity (Wildman–Crippen MR) is 115 cm³/mol. The highest BCUT2D eigenvalue weighted by Crippen LogP contribution is 2.55. The van der Waals surface area contributed by atoms with Crippen molar-refractivity contribution in [2.24, 2.45) is 5.41 Å². The van der Waals surface area contributed by atoms with Crippen LogP contribution in [0, 0.1) is 5.41 Å². The first-order valence-electron chi connectivity index (χ1n) is 10.4. The van der Waals surface area contributed by atoms with Gasteiger partial charge >= 0.3 is 0 Å². The SMILES string of the molecule is CC1OC2=C(C(=O)C(=C3CC3)c3c2ccc2ccc(C(C)(C)C)cc32)C1(C)C. The summed E-state index contributed by atoms with van der Waals surface area (Å²) in [6, 6.07) is 11.0. The Morgan fingerprint density at radius 2 is 1.75 bits per heavy atom. The number of fused-ring (bicyclic) bond motifs is 4. The molecule has 1 atom stereocenters. The lowest BCUT2D eigenvalue weighted by Gasteiger charge is -2.27. The molecule has 0 aromatic heterocycles. The van der Waals surface area contributed by atoms with Gasteiger partial charge in [0.25, 0.3) is 0 Å². The van der Waals surface area contributed by atoms with Gasteiger partial charge in [0, 0.05) is 22.1 Å². The minimum absolute atomic E-state index is 0.00513. The number of carbonyl (C=O) groups is 1. The largest absolute Gasteiger partial charge is 0.489 e. The number of ketones is 1. The molecule has 0 spiro atoms. The van der Waals surface area contributed by atoms with Crippen molar-refractivity contribution in [2.75, 3.05) is 0 Å². The van der Waals surface area contributed by atoms with Gasteiger partial charge in [-0.3, -0.25) is 4.79 Å². The van der Waals surface area contributed by atoms with Crippen molar-refractivity contribution in [3.8, 4) is 0 Å². The zero-order valence-electron chi connectivity index (χ0n) is 17.7. The first-order valence-corrected chi connectivity index (χ1v) is 10.4. The van der Waals surface area contributed by atoms with Gasteiger partial charge in [0.1, 0.15) is 11.9 Å². The fourth-order valence-electron chi connectivity index (χ4n) is 4.61. The van der Waals surface area contributed by atoms with Gasteiger partial charge in [-0.1, -0.05) is 58.4 Å². The van der Waals surface area contributed by atoms with Crippen LogP contribution in [0.1, 0.15) is 71.1 Å². The lowest BCUT2D eigenvalue weighted by atomic mass is 9.72. The average molecular weight is 373 g/mol. The highest BCUT2D eigenvalue weighted by molar-refractivity contribution is 6.37. The van der Waals surface area contributed by atoms with Crippen LogP contribution in [0.25, 0.3) is 22.1 Å². The minimum atomic E-state index is -0.271. The number of carbonyl (C=O) groups excluding carboxylic acids is 1. The van der Waals surface area contributed by atoms with E-state index in [4.69, 9.17) is 4.74 Å². The summed E-state index contributed by atoms with van der Waals surface area (Å²) in [5.74, 6) is 1.00. The Morgan fingerprint density at radius 3 is 2.39 bits per heavy atom. The van der Waals surface area contributed by atoms with Crippen LogP contribution in [-0.4, -0.2) is 11.9 Å². The maximum absolute atomic E-state index is 13.7. The van der Waals surface area contributed by atoms with Gasteiger partial charge in [0.05, 0.1) is 5.57 Å². The number of rotatable bonds is 0. The monoisotopic (exact) mass is 372 g/mol. The van der Waals surface area contributed by atoms with E-state index in [-0.39, 0.29) is 22.7 Å². The first-order chi connectivity index (χ1) is 13.1. The number of benzene rings is 2. The second kappa shape index (κ2) is 5.37. The van der Waals surface area contributed by atoms with Gasteiger partial charge in [-0.05, 0) is 53.6 Å². The molecule has 1 unspecified atom stereocenters. The van der Waals surface area contributed by atoms with Crippen LogP contribution < -0.4 is 0 Å². The Labute approximate surface area is 167 Å². The van der Waals surface area contributed by atoms with E-state index in [9.17, 15) is 4.79 Å². The summed E-state index contributed by atoms with van der Waals surface area (Å²) in [5.41, 5.74) is 6.41. The van der Waals surface area contributed by atoms with Crippen LogP contribution in [0.5, 0.6) is 0 Å². The predicted octanol–water partition coefficient (Wildman–Crippen LogP) is 6.42. The lowest BCUT2D eigenvalue weighted by Crippen LogP contribution is -2.29. The van der Waals surface area contributed by atoms with E-state index < -0.39 is 0 Å². The van der Waals surface area contributed by atoms with Gasteiger partial charge in [-0.2, -0.15) is 0 Å². The molecule has 144 valence electrons. The standard InChI is InChI=1S/C26H28O2/c1-14-26(5,6)22-23(27)20(16-7-8-16)21-18(24(22)28-14)12-10-15-9-11-17(13-19(15)21)25(2,3)4/h9-14H,7-8H2,1-6H3. The van der Waals surface area contributed by atoms with E-state index in [0.29, 0.717) is 0 Å². The summed E-state index contributed by atoms with van der Waals surface area (Å²) in [4.78, 5) is 13.7. The third-order valence-corrected chi connectivity index (χ3v) is 6.87. The molecule has 3 aliphatic rings. The quantitative estimate of drug-likeness (QED) is 0.499. The summed E-state index contributed by atoms with van der Waals surface area (Å²) in [7, 11) is 0. The highest BCUT2D eigenvalue weighted by Gasteiger charge is 2.49. The van der Waals surface area contributed by atoms with E-state index in [1.54, 1.807) is 0 Å². The van der Waals surface area contributed by atoms with Crippen LogP contribution >= 0.6 is 0 Å². The van der Waals surface area contributed by atoms with Crippen LogP contribution in [-0.2, 0) is 14.9 Å². The molecule has 5 rings (SSSR count). The van der Waals surface area contributed by atoms with E-state index in [1.807, 2.05) is 0 Å². The molecule has 0 N–H and O–H groups in total. The van der Waals surface area contributed by atoms with Crippen LogP contribution in [0.15, 0.2) is 41.5 Å². The lowest BCUT2D eigenvalue weighted by molar-refractivity contribution is -0.111. The summed E-state index contributed by atoms with van der Waals surface area (Å²) in [6.07, 6.45) is 2.07. The van der Waals surface area contributed by atoms with Gasteiger partial charge in [0.2, 0.25) is 0 Å². The van der Waals surface area contributed by atoms with Crippen molar-refractivity contribution in [3.05, 3.63) is 58.2 Å². The zero-order chi connectivity index (χ0) is 20.0. The number of allylic oxidation sites excluding steroid dienone is 2. The molecule has 0 radical (unpaired) electrons. The molecular formula is C26H28O2. The van der Waals surface area contributed by atoms with Gasteiger partial charge < -0.3 is 4.74 Å². The molecule has 1 fully saturated rings. The van der Waals surface area contributed by atoms with Crippen molar-refractivity contribution < 1.29 is 9.53 Å². The molecular weight excluding hydrogens is 344 g/mol. The van der Waals surface area contributed by atoms with E-state index in [0.717, 1.165) is 40.9 Å². The summed E-state index contributed by atoms with van der Waals surface area (Å²) < 4.78 is 6.31. The molecule has 2 aromatic rings. The fraction of sp³-hybridized carbons (Fsp3) is 0.423. The number of hydrogen-bond acceptors (Lipinski definition) is 2. The van der Waals surface area contributed by atoms with Crippen molar-refractivity contribution >= 4 is 27.9 Å². The Morgan fingerprint density at radius 1 is 1.07 bits per heavy atom. The van der Waals surface area contributed by atoms with Crippen LogP contribution in [0.4, 0.5) is 0 Å². The van der Waals surface area contributed by atoms with E-state index in [1.165, 1.54) is 21.9 Å². The molecule has 1 heterocycles. The topological polar surface area (TPSA) is 26.3 Å². The maximum Gasteiger partial charge on any atom is 0.194 e. The molecule has 2 aliphatic carbocycles. The molecule has 2 heteroatoms. The Balaban J connectivity index is 1.89. The van der Waals surface area contributed by atoms with Crippen molar-refractivity contribution in [2.45, 2.75) is 65.9 Å². The molecule has 1 aliphatic heterocycles. The smallest absolute Gasteiger partial charge is 0.194 e. The Kier molecular flexibility index (Phi) is 3.40. The van der Waals surface area contributed by atoms with Crippen LogP contribution in [0.2, 0.25) is 0 Å². The molecule has 1 saturated carbocycles. The number of Topliss-reactive ketones (excluding diaryl/α,β-unsaturated/α-hetero) is 1. The molecule has 0 saturated heterocycles. The number of hydrogen-bond donors (Lipinski definition) is 0. The van der Waals surface area contributed by atoms with Gasteiger partial charge in [-0.25, -0.2) is 0 Å². The molecule has 0 amide bonds. The maximum atomic E-state index is 13.7. The normalized spacial score (nSPS) is 23.1. The number of ether oxygens (including phenoxy) is 1. The molecule has 2 nitrogen and oxygen atoms in total. The Hall–Kier alpha value is -2.35. The first kappa shape index (κ1) is 17.7. The zero-order valence-corrected chi connectivity index (χ0v) is 17.7. The van der Waals surface area contributed by atoms with E-state index in [2.05, 4.69) is 71.9 Å².